The Kier molecular flexibility index (Phi) is 8.22. The minimum atomic E-state index is -0.140. The van der Waals surface area contributed by atoms with Crippen molar-refractivity contribution in [3.63, 3.8) is 0 Å². The largest absolute Gasteiger partial charge is 0.490 e. The molecule has 7 heteroatoms. The molecule has 33 heavy (non-hydrogen) atoms. The molecule has 1 heterocycles. The molecule has 1 amide bonds. The topological polar surface area (TPSA) is 74.6 Å². The molecule has 1 N–H and O–H groups in total. The van der Waals surface area contributed by atoms with Crippen molar-refractivity contribution in [2.45, 2.75) is 33.3 Å². The van der Waals surface area contributed by atoms with E-state index in [1.165, 1.54) is 0 Å². The fourth-order valence-electron chi connectivity index (χ4n) is 3.57. The number of nitrogens with zero attached hydrogens (tertiary/aromatic N) is 2. The van der Waals surface area contributed by atoms with Gasteiger partial charge in [-0.2, -0.15) is 5.26 Å². The molecule has 6 nitrogen and oxygen atoms in total. The molecular formula is C26H27N3O3S. The fourth-order valence-corrected chi connectivity index (χ4v) is 3.85. The van der Waals surface area contributed by atoms with Crippen molar-refractivity contribution in [3.05, 3.63) is 77.0 Å². The quantitative estimate of drug-likeness (QED) is 0.313. The molecular weight excluding hydrogens is 434 g/mol. The Morgan fingerprint density at radius 3 is 2.70 bits per heavy atom. The van der Waals surface area contributed by atoms with Gasteiger partial charge in [0.25, 0.3) is 5.91 Å². The number of rotatable bonds is 10. The van der Waals surface area contributed by atoms with Gasteiger partial charge in [0.2, 0.25) is 0 Å². The summed E-state index contributed by atoms with van der Waals surface area (Å²) in [7, 11) is 0. The number of thiocarbonyl (C=S) groups is 1. The van der Waals surface area contributed by atoms with E-state index in [1.807, 2.05) is 44.2 Å². The lowest BCUT2D eigenvalue weighted by atomic mass is 10.0. The van der Waals surface area contributed by atoms with Gasteiger partial charge in [0.1, 0.15) is 12.3 Å². The molecule has 2 aromatic rings. The van der Waals surface area contributed by atoms with Crippen LogP contribution in [0.3, 0.4) is 0 Å². The SMILES string of the molecule is C=CCc1cc(/C=C2\NC(=S)N(CCC)C2=O)cc(OCC)c1OCc1ccccc1C#N. The normalized spacial score (nSPS) is 14.2. The van der Waals surface area contributed by atoms with Crippen LogP contribution < -0.4 is 14.8 Å². The van der Waals surface area contributed by atoms with Crippen molar-refractivity contribution in [1.29, 1.82) is 5.26 Å². The number of amides is 1. The highest BCUT2D eigenvalue weighted by Crippen LogP contribution is 2.35. The van der Waals surface area contributed by atoms with E-state index in [9.17, 15) is 10.1 Å². The van der Waals surface area contributed by atoms with Crippen molar-refractivity contribution in [2.24, 2.45) is 0 Å². The van der Waals surface area contributed by atoms with Crippen LogP contribution >= 0.6 is 12.2 Å². The molecule has 0 bridgehead atoms. The van der Waals surface area contributed by atoms with Crippen LogP contribution in [-0.4, -0.2) is 29.1 Å². The van der Waals surface area contributed by atoms with Crippen LogP contribution in [-0.2, 0) is 17.8 Å². The first-order chi connectivity index (χ1) is 16.0. The highest BCUT2D eigenvalue weighted by molar-refractivity contribution is 7.80. The van der Waals surface area contributed by atoms with Gasteiger partial charge in [-0.05, 0) is 61.8 Å². The summed E-state index contributed by atoms with van der Waals surface area (Å²) < 4.78 is 12.0. The predicted octanol–water partition coefficient (Wildman–Crippen LogP) is 4.73. The van der Waals surface area contributed by atoms with E-state index >= 15 is 0 Å². The van der Waals surface area contributed by atoms with Gasteiger partial charge >= 0.3 is 0 Å². The molecule has 1 fully saturated rings. The number of allylic oxidation sites excluding steroid dienone is 1. The minimum absolute atomic E-state index is 0.140. The first kappa shape index (κ1) is 24.0. The zero-order valence-corrected chi connectivity index (χ0v) is 19.7. The number of nitriles is 1. The van der Waals surface area contributed by atoms with Crippen LogP contribution in [0.15, 0.2) is 54.8 Å². The number of carbonyl (C=O) groups excluding carboxylic acids is 1. The van der Waals surface area contributed by atoms with Gasteiger partial charge < -0.3 is 14.8 Å². The highest BCUT2D eigenvalue weighted by atomic mass is 32.1. The van der Waals surface area contributed by atoms with E-state index in [1.54, 1.807) is 23.1 Å². The van der Waals surface area contributed by atoms with Gasteiger partial charge in [0.15, 0.2) is 16.6 Å². The van der Waals surface area contributed by atoms with Crippen LogP contribution in [0.5, 0.6) is 11.5 Å². The monoisotopic (exact) mass is 461 g/mol. The lowest BCUT2D eigenvalue weighted by Crippen LogP contribution is -2.31. The Morgan fingerprint density at radius 2 is 2.00 bits per heavy atom. The van der Waals surface area contributed by atoms with Crippen LogP contribution in [0.1, 0.15) is 42.5 Å². The average Bonchev–Trinajstić information content (AvgIpc) is 3.07. The van der Waals surface area contributed by atoms with Crippen molar-refractivity contribution in [1.82, 2.24) is 10.2 Å². The van der Waals surface area contributed by atoms with Gasteiger partial charge in [-0.15, -0.1) is 6.58 Å². The predicted molar refractivity (Wildman–Crippen MR) is 133 cm³/mol. The number of hydrogen-bond acceptors (Lipinski definition) is 5. The molecule has 1 aliphatic rings. The maximum atomic E-state index is 12.7. The maximum absolute atomic E-state index is 12.7. The zero-order chi connectivity index (χ0) is 23.8. The molecule has 0 spiro atoms. The molecule has 0 saturated carbocycles. The second-order valence-electron chi connectivity index (χ2n) is 7.44. The Balaban J connectivity index is 1.96. The van der Waals surface area contributed by atoms with E-state index in [-0.39, 0.29) is 12.5 Å². The summed E-state index contributed by atoms with van der Waals surface area (Å²) in [4.78, 5) is 14.3. The fraction of sp³-hybridized carbons (Fsp3) is 0.269. The van der Waals surface area contributed by atoms with Crippen LogP contribution in [0, 0.1) is 11.3 Å². The summed E-state index contributed by atoms with van der Waals surface area (Å²) in [6.45, 7) is 9.01. The molecule has 0 aromatic heterocycles. The second kappa shape index (κ2) is 11.3. The average molecular weight is 462 g/mol. The summed E-state index contributed by atoms with van der Waals surface area (Å²) in [6, 6.07) is 13.3. The number of benzene rings is 2. The lowest BCUT2D eigenvalue weighted by Gasteiger charge is -2.17. The second-order valence-corrected chi connectivity index (χ2v) is 7.82. The minimum Gasteiger partial charge on any atom is -0.490 e. The molecule has 0 unspecified atom stereocenters. The smallest absolute Gasteiger partial charge is 0.276 e. The van der Waals surface area contributed by atoms with Gasteiger partial charge in [0, 0.05) is 17.7 Å². The highest BCUT2D eigenvalue weighted by Gasteiger charge is 2.29. The van der Waals surface area contributed by atoms with E-state index in [4.69, 9.17) is 21.7 Å². The van der Waals surface area contributed by atoms with Crippen LogP contribution in [0.4, 0.5) is 0 Å². The molecule has 0 radical (unpaired) electrons. The molecule has 1 saturated heterocycles. The van der Waals surface area contributed by atoms with E-state index < -0.39 is 0 Å². The van der Waals surface area contributed by atoms with Crippen LogP contribution in [0.2, 0.25) is 0 Å². The molecule has 2 aromatic carbocycles. The van der Waals surface area contributed by atoms with Crippen molar-refractivity contribution < 1.29 is 14.3 Å². The number of ether oxygens (including phenoxy) is 2. The van der Waals surface area contributed by atoms with E-state index in [0.29, 0.717) is 47.4 Å². The van der Waals surface area contributed by atoms with Crippen molar-refractivity contribution in [3.8, 4) is 17.6 Å². The molecule has 1 aliphatic heterocycles. The van der Waals surface area contributed by atoms with E-state index in [0.717, 1.165) is 23.1 Å². The standard InChI is InChI=1S/C26H27N3O3S/c1-4-9-19-13-18(14-22-25(30)29(12-5-2)26(33)28-22)15-23(31-6-3)24(19)32-17-21-11-8-7-10-20(21)16-27/h4,7-8,10-11,13-15H,1,5-6,9,12,17H2,2-3H3,(H,28,33)/b22-14-. The summed E-state index contributed by atoms with van der Waals surface area (Å²) in [5, 5.41) is 12.8. The molecule has 3 rings (SSSR count). The molecule has 0 aliphatic carbocycles. The van der Waals surface area contributed by atoms with Gasteiger partial charge in [-0.1, -0.05) is 31.2 Å². The van der Waals surface area contributed by atoms with Crippen molar-refractivity contribution >= 4 is 29.3 Å². The third kappa shape index (κ3) is 5.60. The Hall–Kier alpha value is -3.63. The number of hydrogen-bond donors (Lipinski definition) is 1. The molecule has 0 atom stereocenters. The van der Waals surface area contributed by atoms with Gasteiger partial charge in [-0.25, -0.2) is 0 Å². The van der Waals surface area contributed by atoms with E-state index in [2.05, 4.69) is 18.0 Å². The maximum Gasteiger partial charge on any atom is 0.276 e. The Morgan fingerprint density at radius 1 is 1.21 bits per heavy atom. The zero-order valence-electron chi connectivity index (χ0n) is 18.9. The third-order valence-electron chi connectivity index (χ3n) is 5.05. The number of nitrogens with one attached hydrogen (secondary N) is 1. The Labute approximate surface area is 200 Å². The van der Waals surface area contributed by atoms with Crippen LogP contribution in [0.25, 0.3) is 6.08 Å². The lowest BCUT2D eigenvalue weighted by molar-refractivity contribution is -0.122. The first-order valence-corrected chi connectivity index (χ1v) is 11.3. The molecule has 170 valence electrons. The third-order valence-corrected chi connectivity index (χ3v) is 5.37. The van der Waals surface area contributed by atoms with Gasteiger partial charge in [-0.3, -0.25) is 9.69 Å². The summed E-state index contributed by atoms with van der Waals surface area (Å²) in [5.41, 5.74) is 3.45. The summed E-state index contributed by atoms with van der Waals surface area (Å²) >= 11 is 5.31. The van der Waals surface area contributed by atoms with Crippen molar-refractivity contribution in [2.75, 3.05) is 13.2 Å². The van der Waals surface area contributed by atoms with Gasteiger partial charge in [0.05, 0.1) is 18.2 Å². The number of carbonyl (C=O) groups is 1. The summed E-state index contributed by atoms with van der Waals surface area (Å²) in [6.07, 6.45) is 4.93. The Bertz CT molecular complexity index is 1130. The summed E-state index contributed by atoms with van der Waals surface area (Å²) in [5.74, 6) is 1.02. The first-order valence-electron chi connectivity index (χ1n) is 10.9.